The van der Waals surface area contributed by atoms with Gasteiger partial charge in [0.15, 0.2) is 17.9 Å². The zero-order valence-corrected chi connectivity index (χ0v) is 28.5. The van der Waals surface area contributed by atoms with Crippen LogP contribution in [0.1, 0.15) is 53.1 Å². The van der Waals surface area contributed by atoms with Gasteiger partial charge >= 0.3 is 0 Å². The summed E-state index contributed by atoms with van der Waals surface area (Å²) < 4.78 is 16.4. The van der Waals surface area contributed by atoms with Gasteiger partial charge in [-0.05, 0) is 42.9 Å². The number of benzene rings is 1. The van der Waals surface area contributed by atoms with Crippen LogP contribution in [0, 0.1) is 5.92 Å². The highest BCUT2D eigenvalue weighted by molar-refractivity contribution is 7.59. The number of aromatic nitrogens is 3. The van der Waals surface area contributed by atoms with Gasteiger partial charge in [-0.1, -0.05) is 17.7 Å². The summed E-state index contributed by atoms with van der Waals surface area (Å²) >= 11 is 6.69. The Labute approximate surface area is 291 Å². The van der Waals surface area contributed by atoms with Crippen molar-refractivity contribution in [3.63, 3.8) is 0 Å². The standard InChI is InChI=1S/C33H40ClN7O6.H2S/c34-31-26-7-8-39(15-22(26)3-6-29(31)46-19-25-14-35-20-47-25)16-24(42)4-5-28(43)27-13-30(36-23-17-45-18-23)38-33(37-27)41-11-9-40(10-12-41)32(44)21-1-2-21;/h3,6,13-14,20-21,23-24,42H,1-2,4-5,7-12,15-19H2,(H,36,37,38);1H2/t24-;/m0./s1. The van der Waals surface area contributed by atoms with E-state index in [2.05, 4.69) is 20.2 Å². The Morgan fingerprint density at radius 3 is 2.65 bits per heavy atom. The van der Waals surface area contributed by atoms with Gasteiger partial charge in [0.25, 0.3) is 0 Å². The van der Waals surface area contributed by atoms with E-state index in [1.807, 2.05) is 21.9 Å². The van der Waals surface area contributed by atoms with E-state index in [0.717, 1.165) is 36.9 Å². The highest BCUT2D eigenvalue weighted by Crippen LogP contribution is 2.35. The first-order valence-corrected chi connectivity index (χ1v) is 16.8. The molecule has 48 heavy (non-hydrogen) atoms. The largest absolute Gasteiger partial charge is 0.484 e. The molecule has 7 rings (SSSR count). The molecule has 0 spiro atoms. The molecule has 258 valence electrons. The van der Waals surface area contributed by atoms with Crippen molar-refractivity contribution in [3.05, 3.63) is 58.4 Å². The van der Waals surface area contributed by atoms with Crippen LogP contribution in [0.15, 0.2) is 35.2 Å². The van der Waals surface area contributed by atoms with Gasteiger partial charge in [0.2, 0.25) is 11.9 Å². The van der Waals surface area contributed by atoms with E-state index in [-0.39, 0.29) is 50.2 Å². The summed E-state index contributed by atoms with van der Waals surface area (Å²) in [6, 6.07) is 5.70. The SMILES string of the molecule is O=C(CC[C@H](O)CN1CCc2c(ccc(OCc3cnco3)c2Cl)C1)c1cc(NC2COC2)nc(N2CCN(C(=O)C3CC3)CC2)n1.S. The molecule has 13 nitrogen and oxygen atoms in total. The molecule has 0 unspecified atom stereocenters. The van der Waals surface area contributed by atoms with Crippen molar-refractivity contribution in [3.8, 4) is 5.75 Å². The van der Waals surface area contributed by atoms with Gasteiger partial charge in [-0.25, -0.2) is 9.97 Å². The van der Waals surface area contributed by atoms with Crippen molar-refractivity contribution >= 4 is 48.6 Å². The number of rotatable bonds is 13. The van der Waals surface area contributed by atoms with Gasteiger partial charge in [-0.2, -0.15) is 18.5 Å². The highest BCUT2D eigenvalue weighted by atomic mass is 35.5. The molecule has 2 N–H and O–H groups in total. The van der Waals surface area contributed by atoms with Gasteiger partial charge in [-0.15, -0.1) is 0 Å². The zero-order valence-electron chi connectivity index (χ0n) is 26.8. The van der Waals surface area contributed by atoms with Crippen molar-refractivity contribution in [2.24, 2.45) is 5.92 Å². The Kier molecular flexibility index (Phi) is 11.1. The number of halogens is 1. The molecule has 0 bridgehead atoms. The molecule has 2 saturated heterocycles. The van der Waals surface area contributed by atoms with Crippen molar-refractivity contribution in [2.75, 3.05) is 62.7 Å². The van der Waals surface area contributed by atoms with Crippen LogP contribution in [-0.4, -0.2) is 106 Å². The smallest absolute Gasteiger partial charge is 0.228 e. The summed E-state index contributed by atoms with van der Waals surface area (Å²) in [6.07, 6.45) is 5.49. The van der Waals surface area contributed by atoms with Gasteiger partial charge in [0, 0.05) is 64.2 Å². The number of carbonyl (C=O) groups excluding carboxylic acids is 2. The quantitative estimate of drug-likeness (QED) is 0.253. The lowest BCUT2D eigenvalue weighted by Crippen LogP contribution is -2.50. The lowest BCUT2D eigenvalue weighted by molar-refractivity contribution is -0.132. The number of aliphatic hydroxyl groups is 1. The number of piperazine rings is 1. The number of anilines is 2. The van der Waals surface area contributed by atoms with Gasteiger partial charge in [0.05, 0.1) is 36.6 Å². The minimum atomic E-state index is -0.677. The number of nitrogens with zero attached hydrogens (tertiary/aromatic N) is 6. The van der Waals surface area contributed by atoms with Crippen LogP contribution in [0.5, 0.6) is 5.75 Å². The third kappa shape index (κ3) is 8.23. The van der Waals surface area contributed by atoms with Crippen LogP contribution in [-0.2, 0) is 29.1 Å². The van der Waals surface area contributed by atoms with Crippen LogP contribution in [0.4, 0.5) is 11.8 Å². The van der Waals surface area contributed by atoms with Crippen LogP contribution < -0.4 is 15.0 Å². The first-order valence-electron chi connectivity index (χ1n) is 16.4. The lowest BCUT2D eigenvalue weighted by Gasteiger charge is -2.35. The first kappa shape index (κ1) is 34.4. The maximum absolute atomic E-state index is 13.4. The number of amides is 1. The summed E-state index contributed by atoms with van der Waals surface area (Å²) in [5, 5.41) is 14.9. The number of fused-ring (bicyclic) bond motifs is 1. The van der Waals surface area contributed by atoms with E-state index in [9.17, 15) is 14.7 Å². The molecule has 2 aromatic heterocycles. The van der Waals surface area contributed by atoms with E-state index in [0.29, 0.717) is 92.9 Å². The molecule has 3 aliphatic heterocycles. The number of ketones is 1. The molecular formula is C33H42ClN7O6S. The number of oxazole rings is 1. The summed E-state index contributed by atoms with van der Waals surface area (Å²) in [6.45, 7) is 5.71. The Bertz CT molecular complexity index is 1580. The summed E-state index contributed by atoms with van der Waals surface area (Å²) in [5.41, 5.74) is 2.47. The maximum Gasteiger partial charge on any atom is 0.228 e. The van der Waals surface area contributed by atoms with Crippen LogP contribution in [0.3, 0.4) is 0 Å². The highest BCUT2D eigenvalue weighted by Gasteiger charge is 2.35. The van der Waals surface area contributed by atoms with Crippen molar-refractivity contribution in [1.29, 1.82) is 0 Å². The second-order valence-electron chi connectivity index (χ2n) is 12.8. The second kappa shape index (κ2) is 15.4. The molecule has 3 fully saturated rings. The predicted molar refractivity (Wildman–Crippen MR) is 183 cm³/mol. The monoisotopic (exact) mass is 699 g/mol. The fourth-order valence-electron chi connectivity index (χ4n) is 6.23. The Morgan fingerprint density at radius 1 is 1.12 bits per heavy atom. The fourth-order valence-corrected chi connectivity index (χ4v) is 6.56. The number of carbonyl (C=O) groups is 2. The van der Waals surface area contributed by atoms with E-state index in [1.54, 1.807) is 12.3 Å². The summed E-state index contributed by atoms with van der Waals surface area (Å²) in [7, 11) is 0. The molecule has 1 aliphatic carbocycles. The normalized spacial score (nSPS) is 18.8. The molecule has 1 atom stereocenters. The van der Waals surface area contributed by atoms with E-state index in [1.165, 1.54) is 6.39 Å². The average Bonchev–Trinajstić information content (AvgIpc) is 3.79. The number of hydrogen-bond donors (Lipinski definition) is 2. The average molecular weight is 700 g/mol. The number of β-amino-alcohol motifs (C(OH)–C–C–N with tert-alkyl or cyclic N) is 1. The zero-order chi connectivity index (χ0) is 32.3. The van der Waals surface area contributed by atoms with Gasteiger partial charge in [0.1, 0.15) is 23.9 Å². The lowest BCUT2D eigenvalue weighted by atomic mass is 9.98. The third-order valence-electron chi connectivity index (χ3n) is 9.19. The molecule has 15 heteroatoms. The second-order valence-corrected chi connectivity index (χ2v) is 13.2. The minimum Gasteiger partial charge on any atom is -0.484 e. The van der Waals surface area contributed by atoms with Crippen LogP contribution in [0.25, 0.3) is 0 Å². The number of Topliss-reactive ketones (excluding diaryl/α,β-unsaturated/α-hetero) is 1. The Hall–Kier alpha value is -3.43. The first-order chi connectivity index (χ1) is 22.9. The Morgan fingerprint density at radius 2 is 1.94 bits per heavy atom. The van der Waals surface area contributed by atoms with Gasteiger partial charge in [-0.3, -0.25) is 14.5 Å². The molecule has 3 aromatic rings. The number of nitrogens with one attached hydrogen (secondary N) is 1. The molecular weight excluding hydrogens is 658 g/mol. The molecule has 1 saturated carbocycles. The van der Waals surface area contributed by atoms with Gasteiger partial charge < -0.3 is 34.1 Å². The molecule has 1 aromatic carbocycles. The molecule has 4 aliphatic rings. The maximum atomic E-state index is 13.4. The van der Waals surface area contributed by atoms with Crippen LogP contribution in [0.2, 0.25) is 5.02 Å². The summed E-state index contributed by atoms with van der Waals surface area (Å²) in [5.74, 6) is 2.59. The van der Waals surface area contributed by atoms with Crippen LogP contribution >= 0.6 is 25.1 Å². The van der Waals surface area contributed by atoms with Crippen molar-refractivity contribution in [2.45, 2.75) is 57.4 Å². The third-order valence-corrected chi connectivity index (χ3v) is 9.61. The van der Waals surface area contributed by atoms with E-state index in [4.69, 9.17) is 30.5 Å². The van der Waals surface area contributed by atoms with Crippen molar-refractivity contribution < 1.29 is 28.6 Å². The fraction of sp³-hybridized carbons (Fsp3) is 0.545. The summed E-state index contributed by atoms with van der Waals surface area (Å²) in [4.78, 5) is 45.4. The van der Waals surface area contributed by atoms with E-state index >= 15 is 0 Å². The van der Waals surface area contributed by atoms with Crippen molar-refractivity contribution in [1.82, 2.24) is 24.8 Å². The number of hydrogen-bond acceptors (Lipinski definition) is 12. The molecule has 5 heterocycles. The number of aliphatic hydroxyl groups excluding tert-OH is 1. The number of ether oxygens (including phenoxy) is 2. The predicted octanol–water partition coefficient (Wildman–Crippen LogP) is 3.06. The van der Waals surface area contributed by atoms with E-state index < -0.39 is 6.10 Å². The minimum absolute atomic E-state index is 0. The topological polar surface area (TPSA) is 146 Å². The molecule has 1 amide bonds. The molecule has 0 radical (unpaired) electrons. The Balaban J connectivity index is 0.00000401.